The minimum atomic E-state index is 0. The molecule has 4 rings (SSSR count). The van der Waals surface area contributed by atoms with Crippen molar-refractivity contribution in [1.82, 2.24) is 0 Å². The molecule has 0 saturated carbocycles. The summed E-state index contributed by atoms with van der Waals surface area (Å²) >= 11 is 19.8. The Morgan fingerprint density at radius 1 is 0.483 bits per heavy atom. The molecule has 0 aromatic heterocycles. The van der Waals surface area contributed by atoms with Gasteiger partial charge in [-0.2, -0.15) is 0 Å². The van der Waals surface area contributed by atoms with Gasteiger partial charge in [0.15, 0.2) is 0 Å². The standard InChI is InChI=1S/4C5H10OS.Ti/c4*1-2-4-5(7)3-6-4;/h4*4-5,7H,2-3H2,1H3;/q;;;;+4/p-4. The van der Waals surface area contributed by atoms with Crippen LogP contribution in [0.1, 0.15) is 53.4 Å². The first-order valence-corrected chi connectivity index (χ1v) is 12.4. The quantitative estimate of drug-likeness (QED) is 0.417. The third kappa shape index (κ3) is 11.1. The molecule has 8 atom stereocenters. The molecular formula is C20H36O4S4Ti. The third-order valence-electron chi connectivity index (χ3n) is 5.17. The molecule has 0 spiro atoms. The van der Waals surface area contributed by atoms with Gasteiger partial charge in [0.2, 0.25) is 0 Å². The molecule has 0 N–H and O–H groups in total. The van der Waals surface area contributed by atoms with E-state index in [0.717, 1.165) is 52.1 Å². The third-order valence-corrected chi connectivity index (χ3v) is 6.93. The second kappa shape index (κ2) is 17.4. The molecule has 4 fully saturated rings. The van der Waals surface area contributed by atoms with E-state index < -0.39 is 0 Å². The maximum absolute atomic E-state index is 5.09. The first-order valence-electron chi connectivity index (χ1n) is 10.5. The van der Waals surface area contributed by atoms with Crippen molar-refractivity contribution in [3.8, 4) is 0 Å². The van der Waals surface area contributed by atoms with Crippen molar-refractivity contribution < 1.29 is 40.7 Å². The first kappa shape index (κ1) is 31.0. The van der Waals surface area contributed by atoms with Gasteiger partial charge >= 0.3 is 21.7 Å². The van der Waals surface area contributed by atoms with Gasteiger partial charge in [0, 0.05) is 50.8 Å². The molecule has 0 bridgehead atoms. The second-order valence-corrected chi connectivity index (χ2v) is 9.70. The molecule has 168 valence electrons. The normalized spacial score (nSPS) is 38.9. The van der Waals surface area contributed by atoms with Crippen LogP contribution in [-0.4, -0.2) is 71.8 Å². The number of hydrogen-bond donors (Lipinski definition) is 0. The molecule has 4 nitrogen and oxygen atoms in total. The average molecular weight is 517 g/mol. The summed E-state index contributed by atoms with van der Waals surface area (Å²) in [6, 6.07) is 0. The molecule has 4 heterocycles. The van der Waals surface area contributed by atoms with Gasteiger partial charge in [0.05, 0.1) is 0 Å². The first-order chi connectivity index (χ1) is 13.4. The van der Waals surface area contributed by atoms with E-state index in [1.165, 1.54) is 0 Å². The van der Waals surface area contributed by atoms with E-state index in [0.29, 0.717) is 45.4 Å². The molecule has 0 aliphatic carbocycles. The van der Waals surface area contributed by atoms with Crippen molar-refractivity contribution in [1.29, 1.82) is 0 Å². The minimum absolute atomic E-state index is 0. The van der Waals surface area contributed by atoms with Crippen LogP contribution in [0.4, 0.5) is 0 Å². The Hall–Kier alpha value is 1.95. The predicted molar refractivity (Wildman–Crippen MR) is 125 cm³/mol. The Kier molecular flexibility index (Phi) is 18.6. The Labute approximate surface area is 215 Å². The van der Waals surface area contributed by atoms with Crippen LogP contribution in [0, 0.1) is 0 Å². The fourth-order valence-electron chi connectivity index (χ4n) is 2.77. The molecule has 0 amide bonds. The summed E-state index contributed by atoms with van der Waals surface area (Å²) in [6.07, 6.45) is 5.90. The van der Waals surface area contributed by atoms with E-state index in [2.05, 4.69) is 27.7 Å². The molecule has 9 heteroatoms. The van der Waals surface area contributed by atoms with Gasteiger partial charge in [-0.05, 0) is 25.7 Å². The topological polar surface area (TPSA) is 36.9 Å². The summed E-state index contributed by atoms with van der Waals surface area (Å²) in [4.78, 5) is 0. The maximum Gasteiger partial charge on any atom is 4.00 e. The van der Waals surface area contributed by atoms with Crippen LogP contribution in [0.2, 0.25) is 0 Å². The Balaban J connectivity index is 0.000000356. The fraction of sp³-hybridized carbons (Fsp3) is 1.00. The Bertz CT molecular complexity index is 331. The van der Waals surface area contributed by atoms with Crippen molar-refractivity contribution in [2.75, 3.05) is 26.4 Å². The van der Waals surface area contributed by atoms with Gasteiger partial charge in [-0.3, -0.25) is 0 Å². The van der Waals surface area contributed by atoms with E-state index in [1.54, 1.807) is 0 Å². The summed E-state index contributed by atoms with van der Waals surface area (Å²) in [7, 11) is 0. The van der Waals surface area contributed by atoms with Crippen molar-refractivity contribution in [3.05, 3.63) is 0 Å². The van der Waals surface area contributed by atoms with Gasteiger partial charge in [0.25, 0.3) is 0 Å². The zero-order chi connectivity index (χ0) is 21.1. The zero-order valence-electron chi connectivity index (χ0n) is 18.0. The predicted octanol–water partition coefficient (Wildman–Crippen LogP) is 2.84. The molecule has 4 aliphatic rings. The minimum Gasteiger partial charge on any atom is -0.785 e. The number of hydrogen-bond acceptors (Lipinski definition) is 8. The van der Waals surface area contributed by atoms with Gasteiger partial charge < -0.3 is 69.5 Å². The zero-order valence-corrected chi connectivity index (χ0v) is 22.9. The average Bonchev–Trinajstić information content (AvgIpc) is 2.66. The fourth-order valence-corrected chi connectivity index (χ4v) is 4.16. The van der Waals surface area contributed by atoms with Gasteiger partial charge in [-0.15, -0.1) is 21.0 Å². The molecule has 29 heavy (non-hydrogen) atoms. The maximum atomic E-state index is 5.09. The summed E-state index contributed by atoms with van der Waals surface area (Å²) in [5.74, 6) is 0. The molecular weight excluding hydrogens is 480 g/mol. The van der Waals surface area contributed by atoms with Gasteiger partial charge in [-0.1, -0.05) is 27.7 Å². The molecule has 8 unspecified atom stereocenters. The molecule has 4 aliphatic heterocycles. The van der Waals surface area contributed by atoms with Gasteiger partial charge in [-0.25, -0.2) is 0 Å². The van der Waals surface area contributed by atoms with Crippen molar-refractivity contribution in [2.24, 2.45) is 0 Å². The van der Waals surface area contributed by atoms with E-state index in [-0.39, 0.29) is 21.7 Å². The van der Waals surface area contributed by atoms with Crippen LogP contribution in [0.25, 0.3) is 0 Å². The number of ether oxygens (including phenoxy) is 4. The smallest absolute Gasteiger partial charge is 0.785 e. The Morgan fingerprint density at radius 3 is 0.655 bits per heavy atom. The van der Waals surface area contributed by atoms with E-state index in [1.807, 2.05) is 0 Å². The Morgan fingerprint density at radius 2 is 0.655 bits per heavy atom. The van der Waals surface area contributed by atoms with E-state index >= 15 is 0 Å². The number of rotatable bonds is 4. The monoisotopic (exact) mass is 516 g/mol. The van der Waals surface area contributed by atoms with Gasteiger partial charge in [0.1, 0.15) is 0 Å². The van der Waals surface area contributed by atoms with Crippen molar-refractivity contribution in [2.45, 2.75) is 98.8 Å². The summed E-state index contributed by atoms with van der Waals surface area (Å²) in [5.41, 5.74) is 0. The second-order valence-electron chi connectivity index (χ2n) is 7.27. The summed E-state index contributed by atoms with van der Waals surface area (Å²) in [5, 5.41) is 1.63. The SMILES string of the molecule is CCC1OCC1[S-].CCC1OCC1[S-].CCC1OCC1[S-].CCC1OCC1[S-].[Ti+4]. The van der Waals surface area contributed by atoms with Crippen LogP contribution >= 0.6 is 0 Å². The largest absolute Gasteiger partial charge is 4.00 e. The van der Waals surface area contributed by atoms with Crippen LogP contribution in [0.5, 0.6) is 0 Å². The van der Waals surface area contributed by atoms with Crippen LogP contribution in [0.15, 0.2) is 0 Å². The van der Waals surface area contributed by atoms with Crippen LogP contribution < -0.4 is 0 Å². The molecule has 0 aromatic carbocycles. The molecule has 4 saturated heterocycles. The van der Waals surface area contributed by atoms with E-state index in [4.69, 9.17) is 69.5 Å². The molecule has 0 radical (unpaired) electrons. The van der Waals surface area contributed by atoms with Crippen molar-refractivity contribution in [3.63, 3.8) is 0 Å². The summed E-state index contributed by atoms with van der Waals surface area (Å²) in [6.45, 7) is 11.6. The van der Waals surface area contributed by atoms with Crippen LogP contribution in [0.3, 0.4) is 0 Å². The summed E-state index contributed by atoms with van der Waals surface area (Å²) < 4.78 is 20.4. The van der Waals surface area contributed by atoms with E-state index in [9.17, 15) is 0 Å². The molecule has 0 aromatic rings. The van der Waals surface area contributed by atoms with Crippen molar-refractivity contribution >= 4 is 50.5 Å². The van der Waals surface area contributed by atoms with Crippen LogP contribution in [-0.2, 0) is 91.2 Å².